The summed E-state index contributed by atoms with van der Waals surface area (Å²) in [5.74, 6) is -3.12. The fraction of sp³-hybridized carbons (Fsp3) is 0.250. The molecule has 0 spiro atoms. The molecule has 0 bridgehead atoms. The minimum absolute atomic E-state index is 0.0457. The highest BCUT2D eigenvalue weighted by molar-refractivity contribution is 7.71. The normalized spacial score (nSPS) is 15.5. The maximum Gasteiger partial charge on any atom is 0.341 e. The van der Waals surface area contributed by atoms with Crippen molar-refractivity contribution in [2.45, 2.75) is 25.6 Å². The summed E-state index contributed by atoms with van der Waals surface area (Å²) in [4.78, 5) is 28.5. The van der Waals surface area contributed by atoms with Crippen molar-refractivity contribution in [2.75, 3.05) is 31.1 Å². The van der Waals surface area contributed by atoms with E-state index in [2.05, 4.69) is 4.90 Å². The lowest BCUT2D eigenvalue weighted by atomic mass is 10.1. The van der Waals surface area contributed by atoms with Crippen LogP contribution in [0.2, 0.25) is 5.02 Å². The predicted molar refractivity (Wildman–Crippen MR) is 170 cm³/mol. The molecule has 236 valence electrons. The number of carboxylic acid groups (broad SMARTS) is 1. The molecule has 3 aromatic carbocycles. The zero-order valence-electron chi connectivity index (χ0n) is 24.2. The van der Waals surface area contributed by atoms with Crippen LogP contribution in [0.1, 0.15) is 29.2 Å². The average Bonchev–Trinajstić information content (AvgIpc) is 3.82. The van der Waals surface area contributed by atoms with Crippen LogP contribution in [0.3, 0.4) is 0 Å². The molecular weight excluding hydrogens is 641 g/mol. The molecule has 0 amide bonds. The number of rotatable bonds is 7. The Hall–Kier alpha value is -4.46. The van der Waals surface area contributed by atoms with E-state index < -0.39 is 28.8 Å². The fourth-order valence-corrected chi connectivity index (χ4v) is 6.40. The standard InChI is InChI=1S/C32H26ClF3N6O3S/c33-19-3-1-2-18(12-19)30-37-41(32(46)42(30)26-7-4-20(34)13-24(26)35)17-38-8-10-39(11-9-38)28-15-27-22(14-25(28)36)29(43)23(31(44)45)16-40(27)21-5-6-21/h1-4,7,12-16,21H,5-6,8-11,17H2,(H,44,45). The second kappa shape index (κ2) is 11.7. The number of hydrogen-bond acceptors (Lipinski definition) is 6. The fourth-order valence-electron chi connectivity index (χ4n) is 5.92. The molecule has 46 heavy (non-hydrogen) atoms. The first kappa shape index (κ1) is 30.2. The third-order valence-electron chi connectivity index (χ3n) is 8.39. The summed E-state index contributed by atoms with van der Waals surface area (Å²) in [6, 6.07) is 13.0. The van der Waals surface area contributed by atoms with Gasteiger partial charge in [-0.05, 0) is 61.5 Å². The topological polar surface area (TPSA) is 88.5 Å². The summed E-state index contributed by atoms with van der Waals surface area (Å²) in [6.45, 7) is 2.18. The quantitative estimate of drug-likeness (QED) is 0.205. The molecule has 2 fully saturated rings. The van der Waals surface area contributed by atoms with E-state index in [0.29, 0.717) is 53.8 Å². The number of carbonyl (C=O) groups is 1. The third kappa shape index (κ3) is 5.48. The summed E-state index contributed by atoms with van der Waals surface area (Å²) in [5, 5.41) is 14.7. The Balaban J connectivity index is 1.17. The Morgan fingerprint density at radius 1 is 0.978 bits per heavy atom. The number of aromatic carboxylic acids is 1. The number of anilines is 1. The van der Waals surface area contributed by atoms with Gasteiger partial charge in [0.1, 0.15) is 23.0 Å². The zero-order chi connectivity index (χ0) is 32.3. The first-order valence-electron chi connectivity index (χ1n) is 14.6. The smallest absolute Gasteiger partial charge is 0.341 e. The molecule has 2 aromatic heterocycles. The Kier molecular flexibility index (Phi) is 7.70. The van der Waals surface area contributed by atoms with Crippen molar-refractivity contribution < 1.29 is 23.1 Å². The number of benzene rings is 3. The number of aromatic nitrogens is 4. The summed E-state index contributed by atoms with van der Waals surface area (Å²) in [5.41, 5.74) is 0.405. The lowest BCUT2D eigenvalue weighted by Gasteiger charge is -2.36. The van der Waals surface area contributed by atoms with E-state index in [-0.39, 0.29) is 34.1 Å². The van der Waals surface area contributed by atoms with E-state index in [1.165, 1.54) is 16.8 Å². The van der Waals surface area contributed by atoms with Crippen molar-refractivity contribution >= 4 is 46.4 Å². The molecule has 1 saturated heterocycles. The van der Waals surface area contributed by atoms with E-state index in [1.807, 2.05) is 4.90 Å². The van der Waals surface area contributed by atoms with Crippen LogP contribution in [0.25, 0.3) is 28.0 Å². The first-order valence-corrected chi connectivity index (χ1v) is 15.4. The monoisotopic (exact) mass is 666 g/mol. The van der Waals surface area contributed by atoms with Gasteiger partial charge in [0.2, 0.25) is 10.2 Å². The largest absolute Gasteiger partial charge is 0.477 e. The Morgan fingerprint density at radius 2 is 1.72 bits per heavy atom. The second-order valence-electron chi connectivity index (χ2n) is 11.4. The molecule has 5 aromatic rings. The molecule has 1 aliphatic carbocycles. The number of fused-ring (bicyclic) bond motifs is 1. The number of carboxylic acids is 1. The van der Waals surface area contributed by atoms with Gasteiger partial charge in [0.05, 0.1) is 23.6 Å². The first-order chi connectivity index (χ1) is 22.1. The van der Waals surface area contributed by atoms with Gasteiger partial charge in [-0.15, -0.1) is 5.10 Å². The van der Waals surface area contributed by atoms with Gasteiger partial charge in [-0.2, -0.15) is 0 Å². The van der Waals surface area contributed by atoms with Crippen molar-refractivity contribution in [3.8, 4) is 17.1 Å². The SMILES string of the molecule is O=C(O)c1cn(C2CC2)c2cc(N3CCN(Cn4nc(-c5cccc(Cl)c5)n(-c5ccc(F)cc5F)c4=S)CC3)c(F)cc2c1=O. The lowest BCUT2D eigenvalue weighted by Crippen LogP contribution is -2.47. The van der Waals surface area contributed by atoms with Crippen LogP contribution < -0.4 is 10.3 Å². The summed E-state index contributed by atoms with van der Waals surface area (Å²) in [6.07, 6.45) is 3.07. The maximum atomic E-state index is 15.5. The number of piperazine rings is 1. The van der Waals surface area contributed by atoms with Crippen LogP contribution in [0, 0.1) is 22.2 Å². The van der Waals surface area contributed by atoms with E-state index >= 15 is 4.39 Å². The van der Waals surface area contributed by atoms with Crippen molar-refractivity contribution in [3.05, 3.63) is 104 Å². The van der Waals surface area contributed by atoms with Gasteiger partial charge < -0.3 is 14.6 Å². The van der Waals surface area contributed by atoms with Gasteiger partial charge in [0, 0.05) is 60.5 Å². The van der Waals surface area contributed by atoms with Crippen LogP contribution in [0.4, 0.5) is 18.9 Å². The van der Waals surface area contributed by atoms with Crippen molar-refractivity contribution in [2.24, 2.45) is 0 Å². The molecule has 0 atom stereocenters. The number of nitrogens with zero attached hydrogens (tertiary/aromatic N) is 6. The molecule has 9 nitrogen and oxygen atoms in total. The van der Waals surface area contributed by atoms with Crippen molar-refractivity contribution in [1.82, 2.24) is 23.8 Å². The Bertz CT molecular complexity index is 2150. The average molecular weight is 667 g/mol. The minimum Gasteiger partial charge on any atom is -0.477 e. The highest BCUT2D eigenvalue weighted by Gasteiger charge is 2.29. The number of halogens is 4. The molecule has 14 heteroatoms. The van der Waals surface area contributed by atoms with Crippen LogP contribution in [-0.2, 0) is 6.67 Å². The maximum absolute atomic E-state index is 15.5. The zero-order valence-corrected chi connectivity index (χ0v) is 25.7. The van der Waals surface area contributed by atoms with Crippen molar-refractivity contribution in [1.29, 1.82) is 0 Å². The lowest BCUT2D eigenvalue weighted by molar-refractivity contribution is 0.0694. The summed E-state index contributed by atoms with van der Waals surface area (Å²) in [7, 11) is 0. The Labute approximate surface area is 270 Å². The number of hydrogen-bond donors (Lipinski definition) is 1. The molecule has 3 heterocycles. The van der Waals surface area contributed by atoms with Crippen molar-refractivity contribution in [3.63, 3.8) is 0 Å². The van der Waals surface area contributed by atoms with E-state index in [9.17, 15) is 23.5 Å². The van der Waals surface area contributed by atoms with Gasteiger partial charge in [-0.25, -0.2) is 22.6 Å². The summed E-state index contributed by atoms with van der Waals surface area (Å²) >= 11 is 12.0. The predicted octanol–water partition coefficient (Wildman–Crippen LogP) is 6.27. The highest BCUT2D eigenvalue weighted by atomic mass is 35.5. The molecule has 2 aliphatic rings. The molecule has 7 rings (SSSR count). The molecule has 0 unspecified atom stereocenters. The van der Waals surface area contributed by atoms with Crippen LogP contribution in [-0.4, -0.2) is 61.1 Å². The van der Waals surface area contributed by atoms with Gasteiger partial charge in [-0.1, -0.05) is 23.7 Å². The van der Waals surface area contributed by atoms with Gasteiger partial charge in [0.25, 0.3) is 0 Å². The summed E-state index contributed by atoms with van der Waals surface area (Å²) < 4.78 is 49.2. The molecule has 0 radical (unpaired) electrons. The van der Waals surface area contributed by atoms with E-state index in [4.69, 9.17) is 28.9 Å². The van der Waals surface area contributed by atoms with Crippen LogP contribution >= 0.6 is 23.8 Å². The van der Waals surface area contributed by atoms with E-state index in [0.717, 1.165) is 31.0 Å². The van der Waals surface area contributed by atoms with Gasteiger partial charge in [0.15, 0.2) is 5.82 Å². The minimum atomic E-state index is -1.34. The third-order valence-corrected chi connectivity index (χ3v) is 9.02. The Morgan fingerprint density at radius 3 is 2.39 bits per heavy atom. The van der Waals surface area contributed by atoms with Crippen LogP contribution in [0.5, 0.6) is 0 Å². The highest BCUT2D eigenvalue weighted by Crippen LogP contribution is 2.38. The molecule has 1 aliphatic heterocycles. The second-order valence-corrected chi connectivity index (χ2v) is 12.2. The molecular formula is C32H26ClF3N6O3S. The molecule has 1 saturated carbocycles. The van der Waals surface area contributed by atoms with Gasteiger partial charge in [-0.3, -0.25) is 14.3 Å². The van der Waals surface area contributed by atoms with E-state index in [1.54, 1.807) is 39.6 Å². The number of pyridine rings is 1. The molecule has 1 N–H and O–H groups in total. The van der Waals surface area contributed by atoms with Crippen LogP contribution in [0.15, 0.2) is 65.6 Å². The van der Waals surface area contributed by atoms with Gasteiger partial charge >= 0.3 is 5.97 Å².